The quantitative estimate of drug-likeness (QED) is 0.246. The van der Waals surface area contributed by atoms with Crippen LogP contribution in [-0.4, -0.2) is 66.2 Å². The van der Waals surface area contributed by atoms with Crippen molar-refractivity contribution in [1.29, 1.82) is 0 Å². The number of nitrogens with one attached hydrogen (secondary N) is 1. The van der Waals surface area contributed by atoms with Gasteiger partial charge in [0, 0.05) is 26.2 Å². The first kappa shape index (κ1) is 28.4. The topological polar surface area (TPSA) is 61.4 Å². The standard InChI is InChI=1S/C32H31ClF3N5O/c33-26-12-7-13-27-29(26)37-20-28(39-27)41-18-16-40(17-19-41)15-6-5-14-31(30(42)38-21-32(34,35)36)24-10-3-1-8-22(24)23-9-2-4-11-25(23)31/h1-4,7-13,20H,5-6,14-19,21H2,(H,38,42). The Bertz CT molecular complexity index is 1560. The fourth-order valence-corrected chi connectivity index (χ4v) is 6.58. The van der Waals surface area contributed by atoms with Gasteiger partial charge in [0.2, 0.25) is 5.91 Å². The fraction of sp³-hybridized carbons (Fsp3) is 0.344. The third kappa shape index (κ3) is 5.43. The summed E-state index contributed by atoms with van der Waals surface area (Å²) < 4.78 is 39.3. The van der Waals surface area contributed by atoms with E-state index in [9.17, 15) is 18.0 Å². The van der Waals surface area contributed by atoms with Gasteiger partial charge in [-0.05, 0) is 53.8 Å². The van der Waals surface area contributed by atoms with E-state index in [-0.39, 0.29) is 0 Å². The minimum atomic E-state index is -4.48. The summed E-state index contributed by atoms with van der Waals surface area (Å²) in [6.07, 6.45) is -0.765. The molecule has 1 aromatic heterocycles. The van der Waals surface area contributed by atoms with E-state index in [2.05, 4.69) is 20.1 Å². The number of para-hydroxylation sites is 1. The van der Waals surface area contributed by atoms with Gasteiger partial charge in [-0.25, -0.2) is 9.97 Å². The van der Waals surface area contributed by atoms with Crippen molar-refractivity contribution in [2.24, 2.45) is 0 Å². The number of carbonyl (C=O) groups excluding carboxylic acids is 1. The van der Waals surface area contributed by atoms with Gasteiger partial charge in [0.25, 0.3) is 0 Å². The van der Waals surface area contributed by atoms with E-state index in [1.165, 1.54) is 0 Å². The molecule has 1 saturated heterocycles. The molecule has 1 aliphatic heterocycles. The van der Waals surface area contributed by atoms with Gasteiger partial charge in [-0.1, -0.05) is 72.6 Å². The molecule has 0 atom stereocenters. The Morgan fingerprint density at radius 1 is 0.905 bits per heavy atom. The maximum atomic E-state index is 13.7. The van der Waals surface area contributed by atoms with Crippen LogP contribution < -0.4 is 10.2 Å². The average molecular weight is 594 g/mol. The summed E-state index contributed by atoms with van der Waals surface area (Å²) in [6, 6.07) is 20.7. The number of amides is 1. The lowest BCUT2D eigenvalue weighted by Crippen LogP contribution is -2.48. The van der Waals surface area contributed by atoms with Crippen LogP contribution in [0, 0.1) is 0 Å². The number of benzene rings is 3. The highest BCUT2D eigenvalue weighted by Crippen LogP contribution is 2.51. The normalized spacial score (nSPS) is 16.3. The minimum absolute atomic E-state index is 0.430. The first-order valence-electron chi connectivity index (χ1n) is 14.2. The van der Waals surface area contributed by atoms with Crippen molar-refractivity contribution in [3.05, 3.63) is 89.1 Å². The molecule has 1 aliphatic carbocycles. The number of alkyl halides is 3. The van der Waals surface area contributed by atoms with Crippen LogP contribution in [0.2, 0.25) is 5.02 Å². The second kappa shape index (κ2) is 11.5. The Balaban J connectivity index is 1.11. The molecule has 0 saturated carbocycles. The summed E-state index contributed by atoms with van der Waals surface area (Å²) in [7, 11) is 0. The van der Waals surface area contributed by atoms with Crippen molar-refractivity contribution in [1.82, 2.24) is 20.2 Å². The lowest BCUT2D eigenvalue weighted by molar-refractivity contribution is -0.141. The van der Waals surface area contributed by atoms with E-state index in [0.29, 0.717) is 23.4 Å². The number of nitrogens with zero attached hydrogens (tertiary/aromatic N) is 4. The number of hydrogen-bond donors (Lipinski definition) is 1. The van der Waals surface area contributed by atoms with Gasteiger partial charge in [0.05, 0.1) is 16.7 Å². The van der Waals surface area contributed by atoms with Crippen molar-refractivity contribution < 1.29 is 18.0 Å². The molecule has 3 aromatic carbocycles. The summed E-state index contributed by atoms with van der Waals surface area (Å²) in [5, 5.41) is 2.80. The van der Waals surface area contributed by atoms with E-state index in [1.807, 2.05) is 60.7 Å². The molecule has 1 N–H and O–H groups in total. The molecule has 0 radical (unpaired) electrons. The zero-order chi connectivity index (χ0) is 29.3. The van der Waals surface area contributed by atoms with E-state index >= 15 is 0 Å². The maximum Gasteiger partial charge on any atom is 0.405 e. The van der Waals surface area contributed by atoms with Crippen molar-refractivity contribution >= 4 is 34.4 Å². The first-order chi connectivity index (χ1) is 20.3. The van der Waals surface area contributed by atoms with Gasteiger partial charge in [-0.2, -0.15) is 13.2 Å². The Kier molecular flexibility index (Phi) is 7.81. The number of piperazine rings is 1. The lowest BCUT2D eigenvalue weighted by Gasteiger charge is -2.35. The molecule has 0 spiro atoms. The van der Waals surface area contributed by atoms with Gasteiger partial charge >= 0.3 is 6.18 Å². The van der Waals surface area contributed by atoms with Crippen LogP contribution >= 0.6 is 11.6 Å². The van der Waals surface area contributed by atoms with Gasteiger partial charge in [-0.3, -0.25) is 9.69 Å². The molecule has 1 fully saturated rings. The highest BCUT2D eigenvalue weighted by molar-refractivity contribution is 6.34. The second-order valence-corrected chi connectivity index (χ2v) is 11.3. The Morgan fingerprint density at radius 2 is 1.57 bits per heavy atom. The van der Waals surface area contributed by atoms with Crippen molar-refractivity contribution in [3.8, 4) is 11.1 Å². The largest absolute Gasteiger partial charge is 0.405 e. The number of unbranched alkanes of at least 4 members (excludes halogenated alkanes) is 1. The first-order valence-corrected chi connectivity index (χ1v) is 14.6. The van der Waals surface area contributed by atoms with E-state index in [4.69, 9.17) is 16.6 Å². The highest BCUT2D eigenvalue weighted by Gasteiger charge is 2.49. The van der Waals surface area contributed by atoms with Crippen molar-refractivity contribution in [2.75, 3.05) is 44.2 Å². The Labute approximate surface area is 247 Å². The van der Waals surface area contributed by atoms with E-state index < -0.39 is 24.0 Å². The number of rotatable bonds is 8. The lowest BCUT2D eigenvalue weighted by atomic mass is 9.73. The van der Waals surface area contributed by atoms with Crippen LogP contribution in [-0.2, 0) is 10.2 Å². The number of anilines is 1. The van der Waals surface area contributed by atoms with Crippen molar-refractivity contribution in [2.45, 2.75) is 30.9 Å². The number of hydrogen-bond acceptors (Lipinski definition) is 5. The molecular formula is C32H31ClF3N5O. The Morgan fingerprint density at radius 3 is 2.24 bits per heavy atom. The van der Waals surface area contributed by atoms with E-state index in [0.717, 1.165) is 72.7 Å². The maximum absolute atomic E-state index is 13.7. The molecule has 218 valence electrons. The average Bonchev–Trinajstić information content (AvgIpc) is 3.29. The third-order valence-electron chi connectivity index (χ3n) is 8.38. The summed E-state index contributed by atoms with van der Waals surface area (Å²) in [5.74, 6) is 0.235. The molecule has 42 heavy (non-hydrogen) atoms. The van der Waals surface area contributed by atoms with Gasteiger partial charge < -0.3 is 10.2 Å². The summed E-state index contributed by atoms with van der Waals surface area (Å²) in [5.41, 5.74) is 3.67. The zero-order valence-corrected chi connectivity index (χ0v) is 23.8. The molecule has 4 aromatic rings. The third-order valence-corrected chi connectivity index (χ3v) is 8.69. The Hall–Kier alpha value is -3.69. The summed E-state index contributed by atoms with van der Waals surface area (Å²) in [4.78, 5) is 27.5. The summed E-state index contributed by atoms with van der Waals surface area (Å²) in [6.45, 7) is 2.83. The predicted molar refractivity (Wildman–Crippen MR) is 159 cm³/mol. The van der Waals surface area contributed by atoms with Crippen LogP contribution in [0.5, 0.6) is 0 Å². The number of halogens is 4. The molecule has 10 heteroatoms. The molecule has 6 nitrogen and oxygen atoms in total. The zero-order valence-electron chi connectivity index (χ0n) is 23.0. The van der Waals surface area contributed by atoms with Crippen LogP contribution in [0.25, 0.3) is 22.2 Å². The van der Waals surface area contributed by atoms with Gasteiger partial charge in [0.1, 0.15) is 23.3 Å². The minimum Gasteiger partial charge on any atom is -0.353 e. The molecule has 2 aliphatic rings. The van der Waals surface area contributed by atoms with Crippen LogP contribution in [0.15, 0.2) is 72.9 Å². The highest BCUT2D eigenvalue weighted by atomic mass is 35.5. The number of carbonyl (C=O) groups is 1. The predicted octanol–water partition coefficient (Wildman–Crippen LogP) is 6.22. The van der Waals surface area contributed by atoms with E-state index in [1.54, 1.807) is 12.3 Å². The van der Waals surface area contributed by atoms with Crippen molar-refractivity contribution in [3.63, 3.8) is 0 Å². The van der Waals surface area contributed by atoms with Crippen LogP contribution in [0.1, 0.15) is 30.4 Å². The molecular weight excluding hydrogens is 563 g/mol. The molecule has 0 bridgehead atoms. The summed E-state index contributed by atoms with van der Waals surface area (Å²) >= 11 is 6.24. The number of aromatic nitrogens is 2. The van der Waals surface area contributed by atoms with Gasteiger partial charge in [-0.15, -0.1) is 0 Å². The van der Waals surface area contributed by atoms with Crippen LogP contribution in [0.3, 0.4) is 0 Å². The molecule has 0 unspecified atom stereocenters. The van der Waals surface area contributed by atoms with Gasteiger partial charge in [0.15, 0.2) is 0 Å². The molecule has 2 heterocycles. The number of fused-ring (bicyclic) bond motifs is 4. The molecule has 1 amide bonds. The SMILES string of the molecule is O=C(NCC(F)(F)F)C1(CCCCN2CCN(c3cnc4c(Cl)cccc4n3)CC2)c2ccccc2-c2ccccc21. The molecule has 6 rings (SSSR count). The fourth-order valence-electron chi connectivity index (χ4n) is 6.36. The second-order valence-electron chi connectivity index (χ2n) is 10.9. The smallest absolute Gasteiger partial charge is 0.353 e. The van der Waals surface area contributed by atoms with Crippen LogP contribution in [0.4, 0.5) is 19.0 Å². The monoisotopic (exact) mass is 593 g/mol.